The Morgan fingerprint density at radius 1 is 1.08 bits per heavy atom. The maximum absolute atomic E-state index is 11.5. The third-order valence-electron chi connectivity index (χ3n) is 3.75. The molecule has 0 N–H and O–H groups in total. The van der Waals surface area contributed by atoms with Gasteiger partial charge in [0.25, 0.3) is 0 Å². The Morgan fingerprint density at radius 2 is 1.76 bits per heavy atom. The molecule has 0 fully saturated rings. The molecule has 0 atom stereocenters. The lowest BCUT2D eigenvalue weighted by Gasteiger charge is -2.03. The average Bonchev–Trinajstić information content (AvgIpc) is 2.55. The number of allylic oxidation sites excluding steroid dienone is 6. The van der Waals surface area contributed by atoms with Crippen molar-refractivity contribution in [2.75, 3.05) is 6.61 Å². The van der Waals surface area contributed by atoms with Crippen LogP contribution in [0.3, 0.4) is 0 Å². The van der Waals surface area contributed by atoms with Gasteiger partial charge in [0.05, 0.1) is 6.61 Å². The van der Waals surface area contributed by atoms with Gasteiger partial charge in [-0.3, -0.25) is 0 Å². The number of ether oxygens (including phenoxy) is 1. The molecule has 134 valence electrons. The van der Waals surface area contributed by atoms with E-state index in [1.54, 1.807) is 6.92 Å². The lowest BCUT2D eigenvalue weighted by Crippen LogP contribution is -2.00. The molecule has 0 aromatic heterocycles. The van der Waals surface area contributed by atoms with E-state index in [4.69, 9.17) is 4.74 Å². The molecule has 0 spiro atoms. The van der Waals surface area contributed by atoms with E-state index in [1.807, 2.05) is 19.1 Å². The van der Waals surface area contributed by atoms with E-state index >= 15 is 0 Å². The minimum absolute atomic E-state index is 0.294. The van der Waals surface area contributed by atoms with Crippen molar-refractivity contribution < 1.29 is 9.53 Å². The molecular formula is C23H30O2. The fourth-order valence-corrected chi connectivity index (χ4v) is 2.30. The second-order valence-electron chi connectivity index (χ2n) is 6.39. The zero-order chi connectivity index (χ0) is 18.7. The van der Waals surface area contributed by atoms with Gasteiger partial charge in [0.2, 0.25) is 0 Å². The van der Waals surface area contributed by atoms with Crippen LogP contribution in [0.5, 0.6) is 0 Å². The van der Waals surface area contributed by atoms with Gasteiger partial charge in [-0.1, -0.05) is 59.7 Å². The molecule has 1 aromatic rings. The fourth-order valence-electron chi connectivity index (χ4n) is 2.30. The maximum atomic E-state index is 11.5. The normalized spacial score (nSPS) is 12.4. The third kappa shape index (κ3) is 8.90. The minimum Gasteiger partial charge on any atom is -0.463 e. The van der Waals surface area contributed by atoms with Gasteiger partial charge in [0, 0.05) is 6.08 Å². The zero-order valence-corrected chi connectivity index (χ0v) is 16.1. The first-order valence-corrected chi connectivity index (χ1v) is 8.85. The molecule has 0 aliphatic heterocycles. The molecule has 25 heavy (non-hydrogen) atoms. The van der Waals surface area contributed by atoms with E-state index in [2.05, 4.69) is 57.2 Å². The van der Waals surface area contributed by atoms with Gasteiger partial charge in [-0.25, -0.2) is 4.79 Å². The van der Waals surface area contributed by atoms with Crippen LogP contribution >= 0.6 is 0 Å². The zero-order valence-electron chi connectivity index (χ0n) is 16.1. The molecule has 2 nitrogen and oxygen atoms in total. The minimum atomic E-state index is -0.294. The number of rotatable bonds is 8. The quantitative estimate of drug-likeness (QED) is 0.239. The number of esters is 1. The smallest absolute Gasteiger partial charge is 0.331 e. The Bertz CT molecular complexity index is 667. The molecule has 0 heterocycles. The lowest BCUT2D eigenvalue weighted by molar-refractivity contribution is -0.137. The van der Waals surface area contributed by atoms with Gasteiger partial charge in [0.1, 0.15) is 0 Å². The molecule has 1 aromatic carbocycles. The van der Waals surface area contributed by atoms with Gasteiger partial charge in [0.15, 0.2) is 0 Å². The van der Waals surface area contributed by atoms with Gasteiger partial charge < -0.3 is 4.74 Å². The van der Waals surface area contributed by atoms with Gasteiger partial charge >= 0.3 is 5.97 Å². The molecule has 2 heteroatoms. The molecule has 0 bridgehead atoms. The van der Waals surface area contributed by atoms with Crippen molar-refractivity contribution >= 4 is 17.6 Å². The number of hydrogen-bond donors (Lipinski definition) is 0. The first-order chi connectivity index (χ1) is 11.9. The summed E-state index contributed by atoms with van der Waals surface area (Å²) in [5.41, 5.74) is 5.82. The van der Waals surface area contributed by atoms with E-state index < -0.39 is 0 Å². The van der Waals surface area contributed by atoms with Crippen molar-refractivity contribution in [3.8, 4) is 0 Å². The highest BCUT2D eigenvalue weighted by atomic mass is 16.5. The van der Waals surface area contributed by atoms with Gasteiger partial charge in [-0.05, 0) is 64.2 Å². The van der Waals surface area contributed by atoms with Crippen molar-refractivity contribution in [3.63, 3.8) is 0 Å². The van der Waals surface area contributed by atoms with Crippen molar-refractivity contribution in [1.82, 2.24) is 0 Å². The predicted molar refractivity (Wildman–Crippen MR) is 108 cm³/mol. The Balaban J connectivity index is 2.64. The van der Waals surface area contributed by atoms with E-state index in [0.29, 0.717) is 6.61 Å². The fraction of sp³-hybridized carbons (Fsp3) is 0.348. The van der Waals surface area contributed by atoms with Crippen LogP contribution in [0.15, 0.2) is 59.7 Å². The largest absolute Gasteiger partial charge is 0.463 e. The monoisotopic (exact) mass is 338 g/mol. The standard InChI is InChI=1S/C23H30O2/c1-6-25-23(24)17-20(5)22-15-13-21(14-16-22)12-8-11-19(4)10-7-9-18(2)3/h8-9,11-17H,6-7,10H2,1-5H3. The van der Waals surface area contributed by atoms with E-state index in [-0.39, 0.29) is 5.97 Å². The second kappa shape index (κ2) is 11.2. The summed E-state index contributed by atoms with van der Waals surface area (Å²) in [4.78, 5) is 11.5. The van der Waals surface area contributed by atoms with Crippen molar-refractivity contribution in [1.29, 1.82) is 0 Å². The second-order valence-corrected chi connectivity index (χ2v) is 6.39. The third-order valence-corrected chi connectivity index (χ3v) is 3.75. The van der Waals surface area contributed by atoms with Crippen LogP contribution in [0.1, 0.15) is 58.6 Å². The SMILES string of the molecule is CCOC(=O)C=C(C)c1ccc(C=CC=C(C)CCC=C(C)C)cc1. The topological polar surface area (TPSA) is 26.3 Å². The van der Waals surface area contributed by atoms with Crippen molar-refractivity contribution in [3.05, 3.63) is 70.8 Å². The summed E-state index contributed by atoms with van der Waals surface area (Å²) in [7, 11) is 0. The summed E-state index contributed by atoms with van der Waals surface area (Å²) >= 11 is 0. The highest BCUT2D eigenvalue weighted by Gasteiger charge is 2.00. The van der Waals surface area contributed by atoms with Crippen molar-refractivity contribution in [2.24, 2.45) is 0 Å². The molecule has 0 unspecified atom stereocenters. The number of carbonyl (C=O) groups excluding carboxylic acids is 1. The molecule has 0 aliphatic rings. The Labute approximate surface area is 152 Å². The summed E-state index contributed by atoms with van der Waals surface area (Å²) in [6.45, 7) is 10.5. The first-order valence-electron chi connectivity index (χ1n) is 8.85. The van der Waals surface area contributed by atoms with E-state index in [1.165, 1.54) is 17.2 Å². The van der Waals surface area contributed by atoms with Crippen LogP contribution in [0, 0.1) is 0 Å². The molecule has 0 amide bonds. The molecule has 1 rings (SSSR count). The van der Waals surface area contributed by atoms with Gasteiger partial charge in [-0.15, -0.1) is 0 Å². The highest BCUT2D eigenvalue weighted by molar-refractivity contribution is 5.90. The van der Waals surface area contributed by atoms with Crippen molar-refractivity contribution in [2.45, 2.75) is 47.5 Å². The Kier molecular flexibility index (Phi) is 9.31. The van der Waals surface area contributed by atoms with Crippen LogP contribution in [0.25, 0.3) is 11.6 Å². The Morgan fingerprint density at radius 3 is 2.36 bits per heavy atom. The van der Waals surface area contributed by atoms with E-state index in [0.717, 1.165) is 29.5 Å². The summed E-state index contributed by atoms with van der Waals surface area (Å²) in [6.07, 6.45) is 12.3. The molecular weight excluding hydrogens is 308 g/mol. The van der Waals surface area contributed by atoms with Crippen LogP contribution in [-0.2, 0) is 9.53 Å². The predicted octanol–water partition coefficient (Wildman–Crippen LogP) is 6.36. The number of carbonyl (C=O) groups is 1. The molecule has 0 aliphatic carbocycles. The average molecular weight is 338 g/mol. The molecule has 0 saturated heterocycles. The van der Waals surface area contributed by atoms with E-state index in [9.17, 15) is 4.79 Å². The number of benzene rings is 1. The summed E-state index contributed by atoms with van der Waals surface area (Å²) in [5.74, 6) is -0.294. The molecule has 0 saturated carbocycles. The molecule has 0 radical (unpaired) electrons. The summed E-state index contributed by atoms with van der Waals surface area (Å²) < 4.78 is 4.94. The van der Waals surface area contributed by atoms with Crippen LogP contribution < -0.4 is 0 Å². The first kappa shape index (κ1) is 20.7. The highest BCUT2D eigenvalue weighted by Crippen LogP contribution is 2.16. The van der Waals surface area contributed by atoms with Crippen LogP contribution in [0.2, 0.25) is 0 Å². The summed E-state index contributed by atoms with van der Waals surface area (Å²) in [6, 6.07) is 8.16. The number of hydrogen-bond acceptors (Lipinski definition) is 2. The summed E-state index contributed by atoms with van der Waals surface area (Å²) in [5, 5.41) is 0. The maximum Gasteiger partial charge on any atom is 0.331 e. The van der Waals surface area contributed by atoms with Crippen LogP contribution in [-0.4, -0.2) is 12.6 Å². The van der Waals surface area contributed by atoms with Gasteiger partial charge in [-0.2, -0.15) is 0 Å². The lowest BCUT2D eigenvalue weighted by atomic mass is 10.0. The van der Waals surface area contributed by atoms with Crippen LogP contribution in [0.4, 0.5) is 0 Å². The Hall–Kier alpha value is -2.35.